The van der Waals surface area contributed by atoms with Gasteiger partial charge in [0.2, 0.25) is 0 Å². The molecule has 0 N–H and O–H groups in total. The molecule has 6 saturated heterocycles. The average Bonchev–Trinajstić information content (AvgIpc) is 2.84. The van der Waals surface area contributed by atoms with Gasteiger partial charge < -0.3 is 28.9 Å². The first-order valence-electron chi connectivity index (χ1n) is 13.1. The van der Waals surface area contributed by atoms with Gasteiger partial charge in [0.25, 0.3) is 0 Å². The molecule has 6 fully saturated rings. The number of hydrogen-bond donors (Lipinski definition) is 0. The number of morpholine rings is 3. The maximum atomic E-state index is 5.42. The third-order valence-electron chi connectivity index (χ3n) is 7.92. The summed E-state index contributed by atoms with van der Waals surface area (Å²) in [5, 5.41) is 0. The number of hydrogen-bond acceptors (Lipinski definition) is 9. The van der Waals surface area contributed by atoms with Crippen LogP contribution in [0.25, 0.3) is 0 Å². The molecule has 6 aliphatic rings. The van der Waals surface area contributed by atoms with Crippen LogP contribution in [0.5, 0.6) is 0 Å². The lowest BCUT2D eigenvalue weighted by atomic mass is 10.1. The Morgan fingerprint density at radius 2 is 0.727 bits per heavy atom. The number of rotatable bonds is 0. The van der Waals surface area contributed by atoms with Gasteiger partial charge in [-0.2, -0.15) is 0 Å². The summed E-state index contributed by atoms with van der Waals surface area (Å²) in [5.74, 6) is 0. The van der Waals surface area contributed by atoms with Crippen molar-refractivity contribution in [2.75, 3.05) is 139 Å². The van der Waals surface area contributed by atoms with Crippen molar-refractivity contribution in [2.24, 2.45) is 0 Å². The lowest BCUT2D eigenvalue weighted by Crippen LogP contribution is -2.56. The van der Waals surface area contributed by atoms with Crippen LogP contribution in [0.1, 0.15) is 0 Å². The zero-order chi connectivity index (χ0) is 23.0. The first-order chi connectivity index (χ1) is 16.1. The molecule has 0 aromatic heterocycles. The highest BCUT2D eigenvalue weighted by atomic mass is 16.5. The van der Waals surface area contributed by atoms with Crippen LogP contribution in [-0.2, 0) is 14.2 Å². The van der Waals surface area contributed by atoms with Crippen LogP contribution in [-0.4, -0.2) is 187 Å². The fourth-order valence-electron chi connectivity index (χ4n) is 5.71. The number of piperazine rings is 3. The predicted molar refractivity (Wildman–Crippen MR) is 131 cm³/mol. The normalized spacial score (nSPS) is 35.2. The molecule has 0 saturated carbocycles. The third-order valence-corrected chi connectivity index (χ3v) is 7.92. The molecule has 0 spiro atoms. The van der Waals surface area contributed by atoms with Crippen molar-refractivity contribution >= 4 is 0 Å². The third kappa shape index (κ3) is 7.81. The second-order valence-corrected chi connectivity index (χ2v) is 10.6. The maximum Gasteiger partial charge on any atom is 0.0634 e. The molecule has 0 aromatic rings. The summed E-state index contributed by atoms with van der Waals surface area (Å²) < 4.78 is 16.3. The summed E-state index contributed by atoms with van der Waals surface area (Å²) in [6.45, 7) is 19.9. The summed E-state index contributed by atoms with van der Waals surface area (Å²) in [4.78, 5) is 14.8. The summed E-state index contributed by atoms with van der Waals surface area (Å²) in [6.07, 6.45) is 0. The van der Waals surface area contributed by atoms with E-state index in [9.17, 15) is 0 Å². The highest BCUT2D eigenvalue weighted by Gasteiger charge is 2.29. The van der Waals surface area contributed by atoms with Crippen LogP contribution in [0.2, 0.25) is 0 Å². The van der Waals surface area contributed by atoms with E-state index in [2.05, 4.69) is 50.5 Å². The van der Waals surface area contributed by atoms with Crippen LogP contribution < -0.4 is 0 Å². The van der Waals surface area contributed by atoms with E-state index in [4.69, 9.17) is 14.2 Å². The lowest BCUT2D eigenvalue weighted by Gasteiger charge is -2.42. The van der Waals surface area contributed by atoms with E-state index in [1.807, 2.05) is 0 Å². The molecule has 33 heavy (non-hydrogen) atoms. The zero-order valence-corrected chi connectivity index (χ0v) is 21.4. The van der Waals surface area contributed by atoms with Crippen molar-refractivity contribution in [3.8, 4) is 0 Å². The Balaban J connectivity index is 0.000000118. The van der Waals surface area contributed by atoms with Crippen molar-refractivity contribution in [1.29, 1.82) is 0 Å². The standard InChI is InChI=1S/3C8H16N2O/c3*1-9-2-3-10-4-5-11-7-8(10)6-9/h3*8H,2-7H2,1H3/t2*8-;/m10./s1. The van der Waals surface area contributed by atoms with Crippen molar-refractivity contribution in [3.05, 3.63) is 0 Å². The van der Waals surface area contributed by atoms with E-state index in [1.165, 1.54) is 58.9 Å². The molecule has 9 nitrogen and oxygen atoms in total. The summed E-state index contributed by atoms with van der Waals surface area (Å²) >= 11 is 0. The number of likely N-dealkylation sites (N-methyl/N-ethyl adjacent to an activating group) is 3. The van der Waals surface area contributed by atoms with Crippen LogP contribution in [0.4, 0.5) is 0 Å². The fourth-order valence-corrected chi connectivity index (χ4v) is 5.71. The SMILES string of the molecule is CN1CCN2CCOCC2C1.CN1CCN2CCOC[C@@H]2C1.CN1CCN2CCOC[C@H]2C1. The predicted octanol–water partition coefficient (Wildman–Crippen LogP) is -1.10. The molecule has 0 bridgehead atoms. The zero-order valence-electron chi connectivity index (χ0n) is 21.4. The van der Waals surface area contributed by atoms with Crippen LogP contribution in [0.3, 0.4) is 0 Å². The van der Waals surface area contributed by atoms with Gasteiger partial charge in [-0.15, -0.1) is 0 Å². The van der Waals surface area contributed by atoms with Gasteiger partial charge in [0, 0.05) is 96.7 Å². The van der Waals surface area contributed by atoms with Crippen molar-refractivity contribution < 1.29 is 14.2 Å². The van der Waals surface area contributed by atoms with E-state index in [-0.39, 0.29) is 0 Å². The molecule has 0 aliphatic carbocycles. The van der Waals surface area contributed by atoms with Gasteiger partial charge in [0.1, 0.15) is 0 Å². The second kappa shape index (κ2) is 13.1. The van der Waals surface area contributed by atoms with Gasteiger partial charge >= 0.3 is 0 Å². The summed E-state index contributed by atoms with van der Waals surface area (Å²) in [6, 6.07) is 2.01. The number of nitrogens with zero attached hydrogens (tertiary/aromatic N) is 6. The molecule has 6 rings (SSSR count). The van der Waals surface area contributed by atoms with Crippen molar-refractivity contribution in [3.63, 3.8) is 0 Å². The van der Waals surface area contributed by atoms with Gasteiger partial charge in [0.05, 0.1) is 39.6 Å². The van der Waals surface area contributed by atoms with Gasteiger partial charge in [-0.05, 0) is 21.1 Å². The Labute approximate surface area is 201 Å². The first-order valence-corrected chi connectivity index (χ1v) is 13.1. The van der Waals surface area contributed by atoms with Gasteiger partial charge in [-0.1, -0.05) is 0 Å². The first kappa shape index (κ1) is 25.7. The summed E-state index contributed by atoms with van der Waals surface area (Å²) in [5.41, 5.74) is 0. The van der Waals surface area contributed by atoms with E-state index < -0.39 is 0 Å². The summed E-state index contributed by atoms with van der Waals surface area (Å²) in [7, 11) is 6.56. The Kier molecular flexibility index (Phi) is 10.2. The Hall–Kier alpha value is -0.360. The van der Waals surface area contributed by atoms with E-state index in [0.29, 0.717) is 18.1 Å². The topological polar surface area (TPSA) is 47.1 Å². The lowest BCUT2D eigenvalue weighted by molar-refractivity contribution is -0.0397. The highest BCUT2D eigenvalue weighted by molar-refractivity contribution is 4.84. The van der Waals surface area contributed by atoms with E-state index in [1.54, 1.807) is 0 Å². The van der Waals surface area contributed by atoms with E-state index >= 15 is 0 Å². The monoisotopic (exact) mass is 468 g/mol. The quantitative estimate of drug-likeness (QED) is 0.441. The molecular formula is C24H48N6O3. The molecule has 192 valence electrons. The molecular weight excluding hydrogens is 420 g/mol. The minimum absolute atomic E-state index is 0.669. The second-order valence-electron chi connectivity index (χ2n) is 10.6. The molecule has 6 heterocycles. The smallest absolute Gasteiger partial charge is 0.0634 e. The number of fused-ring (bicyclic) bond motifs is 3. The molecule has 0 amide bonds. The molecule has 0 aromatic carbocycles. The van der Waals surface area contributed by atoms with Gasteiger partial charge in [-0.25, -0.2) is 0 Å². The van der Waals surface area contributed by atoms with Gasteiger partial charge in [-0.3, -0.25) is 14.7 Å². The van der Waals surface area contributed by atoms with Gasteiger partial charge in [0.15, 0.2) is 0 Å². The molecule has 3 atom stereocenters. The Bertz CT molecular complexity index is 496. The minimum Gasteiger partial charge on any atom is -0.378 e. The Morgan fingerprint density at radius 1 is 0.424 bits per heavy atom. The van der Waals surface area contributed by atoms with Crippen LogP contribution in [0.15, 0.2) is 0 Å². The molecule has 1 unspecified atom stereocenters. The van der Waals surface area contributed by atoms with E-state index in [0.717, 1.165) is 59.3 Å². The molecule has 6 aliphatic heterocycles. The number of ether oxygens (including phenoxy) is 3. The Morgan fingerprint density at radius 3 is 1.03 bits per heavy atom. The van der Waals surface area contributed by atoms with Crippen molar-refractivity contribution in [1.82, 2.24) is 29.4 Å². The largest absolute Gasteiger partial charge is 0.378 e. The highest BCUT2D eigenvalue weighted by Crippen LogP contribution is 2.13. The van der Waals surface area contributed by atoms with Crippen LogP contribution >= 0.6 is 0 Å². The molecule has 9 heteroatoms. The fraction of sp³-hybridized carbons (Fsp3) is 1.00. The van der Waals surface area contributed by atoms with Crippen LogP contribution in [0, 0.1) is 0 Å². The minimum atomic E-state index is 0.669. The average molecular weight is 469 g/mol. The maximum absolute atomic E-state index is 5.42. The molecule has 0 radical (unpaired) electrons. The van der Waals surface area contributed by atoms with Crippen molar-refractivity contribution in [2.45, 2.75) is 18.1 Å².